The molecule has 1 heterocycles. The SMILES string of the molecule is CCCn1nccc1CC(CNC(C)C)c1ccccc1. The van der Waals surface area contributed by atoms with Crippen LogP contribution in [-0.4, -0.2) is 22.4 Å². The number of hydrogen-bond donors (Lipinski definition) is 1. The average molecular weight is 285 g/mol. The number of benzene rings is 1. The Bertz CT molecular complexity index is 516. The summed E-state index contributed by atoms with van der Waals surface area (Å²) in [4.78, 5) is 0. The molecule has 0 aliphatic heterocycles. The maximum atomic E-state index is 4.44. The lowest BCUT2D eigenvalue weighted by atomic mass is 9.94. The molecule has 0 saturated heterocycles. The first kappa shape index (κ1) is 15.8. The van der Waals surface area contributed by atoms with Gasteiger partial charge in [0.25, 0.3) is 0 Å². The lowest BCUT2D eigenvalue weighted by molar-refractivity contribution is 0.503. The van der Waals surface area contributed by atoms with Crippen molar-refractivity contribution in [3.8, 4) is 0 Å². The highest BCUT2D eigenvalue weighted by atomic mass is 15.3. The number of aryl methyl sites for hydroxylation is 1. The van der Waals surface area contributed by atoms with Crippen LogP contribution in [0, 0.1) is 0 Å². The topological polar surface area (TPSA) is 29.9 Å². The van der Waals surface area contributed by atoms with Crippen LogP contribution in [0.15, 0.2) is 42.6 Å². The molecular weight excluding hydrogens is 258 g/mol. The molecule has 114 valence electrons. The minimum Gasteiger partial charge on any atom is -0.314 e. The molecule has 1 atom stereocenters. The van der Waals surface area contributed by atoms with Crippen LogP contribution in [0.25, 0.3) is 0 Å². The van der Waals surface area contributed by atoms with Crippen LogP contribution in [0.1, 0.15) is 44.4 Å². The van der Waals surface area contributed by atoms with Gasteiger partial charge < -0.3 is 5.32 Å². The van der Waals surface area contributed by atoms with E-state index in [1.54, 1.807) is 0 Å². The minimum absolute atomic E-state index is 0.487. The first-order valence-corrected chi connectivity index (χ1v) is 7.99. The highest BCUT2D eigenvalue weighted by Crippen LogP contribution is 2.20. The summed E-state index contributed by atoms with van der Waals surface area (Å²) >= 11 is 0. The summed E-state index contributed by atoms with van der Waals surface area (Å²) in [6.07, 6.45) is 4.07. The standard InChI is InChI=1S/C18H27N3/c1-4-12-21-18(10-11-20-21)13-17(14-19-15(2)3)16-8-6-5-7-9-16/h5-11,15,17,19H,4,12-14H2,1-3H3. The first-order valence-electron chi connectivity index (χ1n) is 7.99. The van der Waals surface area contributed by atoms with Gasteiger partial charge in [-0.25, -0.2) is 0 Å². The average Bonchev–Trinajstić information content (AvgIpc) is 2.92. The Hall–Kier alpha value is -1.61. The van der Waals surface area contributed by atoms with Gasteiger partial charge in [0.2, 0.25) is 0 Å². The van der Waals surface area contributed by atoms with Crippen LogP contribution in [0.4, 0.5) is 0 Å². The molecule has 0 amide bonds. The molecule has 0 aliphatic carbocycles. The second-order valence-corrected chi connectivity index (χ2v) is 5.92. The zero-order valence-corrected chi connectivity index (χ0v) is 13.4. The van der Waals surface area contributed by atoms with Crippen LogP contribution >= 0.6 is 0 Å². The van der Waals surface area contributed by atoms with Gasteiger partial charge in [-0.15, -0.1) is 0 Å². The van der Waals surface area contributed by atoms with Crippen molar-refractivity contribution in [3.63, 3.8) is 0 Å². The number of aromatic nitrogens is 2. The lowest BCUT2D eigenvalue weighted by Crippen LogP contribution is -2.29. The van der Waals surface area contributed by atoms with Gasteiger partial charge in [-0.3, -0.25) is 4.68 Å². The third kappa shape index (κ3) is 4.71. The fraction of sp³-hybridized carbons (Fsp3) is 0.500. The largest absolute Gasteiger partial charge is 0.314 e. The fourth-order valence-corrected chi connectivity index (χ4v) is 2.61. The van der Waals surface area contributed by atoms with Gasteiger partial charge in [0.15, 0.2) is 0 Å². The number of rotatable bonds is 8. The Labute approximate surface area is 128 Å². The Balaban J connectivity index is 2.13. The zero-order valence-electron chi connectivity index (χ0n) is 13.4. The van der Waals surface area contributed by atoms with E-state index in [4.69, 9.17) is 0 Å². The van der Waals surface area contributed by atoms with Crippen LogP contribution < -0.4 is 5.32 Å². The van der Waals surface area contributed by atoms with Crippen molar-refractivity contribution < 1.29 is 0 Å². The molecule has 1 aromatic carbocycles. The Morgan fingerprint density at radius 1 is 1.14 bits per heavy atom. The quantitative estimate of drug-likeness (QED) is 0.803. The summed E-state index contributed by atoms with van der Waals surface area (Å²) in [6.45, 7) is 8.59. The van der Waals surface area contributed by atoms with E-state index < -0.39 is 0 Å². The van der Waals surface area contributed by atoms with Gasteiger partial charge in [0.1, 0.15) is 0 Å². The minimum atomic E-state index is 0.487. The third-order valence-electron chi connectivity index (χ3n) is 3.74. The van der Waals surface area contributed by atoms with Crippen molar-refractivity contribution in [2.45, 2.75) is 52.1 Å². The van der Waals surface area contributed by atoms with E-state index in [-0.39, 0.29) is 0 Å². The van der Waals surface area contributed by atoms with E-state index in [0.717, 1.165) is 25.9 Å². The molecule has 3 nitrogen and oxygen atoms in total. The van der Waals surface area contributed by atoms with Crippen molar-refractivity contribution in [1.82, 2.24) is 15.1 Å². The first-order chi connectivity index (χ1) is 10.2. The molecular formula is C18H27N3. The normalized spacial score (nSPS) is 12.8. The molecule has 2 rings (SSSR count). The fourth-order valence-electron chi connectivity index (χ4n) is 2.61. The highest BCUT2D eigenvalue weighted by molar-refractivity contribution is 5.22. The van der Waals surface area contributed by atoms with Crippen LogP contribution in [0.5, 0.6) is 0 Å². The van der Waals surface area contributed by atoms with Crippen molar-refractivity contribution in [2.75, 3.05) is 6.54 Å². The molecule has 1 aromatic heterocycles. The van der Waals surface area contributed by atoms with Gasteiger partial charge in [0.05, 0.1) is 0 Å². The van der Waals surface area contributed by atoms with Crippen molar-refractivity contribution in [2.24, 2.45) is 0 Å². The van der Waals surface area contributed by atoms with Gasteiger partial charge in [-0.1, -0.05) is 51.1 Å². The Morgan fingerprint density at radius 3 is 2.57 bits per heavy atom. The molecule has 1 unspecified atom stereocenters. The van der Waals surface area contributed by atoms with Gasteiger partial charge in [-0.2, -0.15) is 5.10 Å². The Morgan fingerprint density at radius 2 is 1.90 bits per heavy atom. The second-order valence-electron chi connectivity index (χ2n) is 5.92. The van der Waals surface area contributed by atoms with E-state index in [1.807, 2.05) is 6.20 Å². The summed E-state index contributed by atoms with van der Waals surface area (Å²) in [5.74, 6) is 0.487. The van der Waals surface area contributed by atoms with Crippen molar-refractivity contribution in [1.29, 1.82) is 0 Å². The van der Waals surface area contributed by atoms with E-state index in [1.165, 1.54) is 11.3 Å². The van der Waals surface area contributed by atoms with Crippen molar-refractivity contribution >= 4 is 0 Å². The molecule has 0 radical (unpaired) electrons. The van der Waals surface area contributed by atoms with E-state index in [2.05, 4.69) is 72.3 Å². The molecule has 3 heteroatoms. The lowest BCUT2D eigenvalue weighted by Gasteiger charge is -2.20. The van der Waals surface area contributed by atoms with Crippen LogP contribution in [0.3, 0.4) is 0 Å². The maximum absolute atomic E-state index is 4.44. The highest BCUT2D eigenvalue weighted by Gasteiger charge is 2.15. The summed E-state index contributed by atoms with van der Waals surface area (Å²) in [7, 11) is 0. The van der Waals surface area contributed by atoms with Crippen LogP contribution in [-0.2, 0) is 13.0 Å². The van der Waals surface area contributed by atoms with Crippen LogP contribution in [0.2, 0.25) is 0 Å². The predicted molar refractivity (Wildman–Crippen MR) is 88.5 cm³/mol. The molecule has 0 spiro atoms. The molecule has 0 aliphatic rings. The van der Waals surface area contributed by atoms with E-state index >= 15 is 0 Å². The molecule has 0 fully saturated rings. The Kier molecular flexibility index (Phi) is 6.00. The van der Waals surface area contributed by atoms with Gasteiger partial charge >= 0.3 is 0 Å². The summed E-state index contributed by atoms with van der Waals surface area (Å²) in [6, 6.07) is 13.5. The molecule has 21 heavy (non-hydrogen) atoms. The molecule has 0 saturated carbocycles. The summed E-state index contributed by atoms with van der Waals surface area (Å²) < 4.78 is 2.14. The number of nitrogens with zero attached hydrogens (tertiary/aromatic N) is 2. The van der Waals surface area contributed by atoms with E-state index in [0.29, 0.717) is 12.0 Å². The summed E-state index contributed by atoms with van der Waals surface area (Å²) in [5.41, 5.74) is 2.73. The van der Waals surface area contributed by atoms with E-state index in [9.17, 15) is 0 Å². The number of nitrogens with one attached hydrogen (secondary N) is 1. The second kappa shape index (κ2) is 7.99. The molecule has 1 N–H and O–H groups in total. The summed E-state index contributed by atoms with van der Waals surface area (Å²) in [5, 5.41) is 8.02. The molecule has 0 bridgehead atoms. The molecule has 2 aromatic rings. The monoisotopic (exact) mass is 285 g/mol. The van der Waals surface area contributed by atoms with Crippen molar-refractivity contribution in [3.05, 3.63) is 53.9 Å². The van der Waals surface area contributed by atoms with Gasteiger partial charge in [-0.05, 0) is 24.5 Å². The number of hydrogen-bond acceptors (Lipinski definition) is 2. The third-order valence-corrected chi connectivity index (χ3v) is 3.74. The predicted octanol–water partition coefficient (Wildman–Crippen LogP) is 3.62. The zero-order chi connectivity index (χ0) is 15.1. The maximum Gasteiger partial charge on any atom is 0.0492 e. The van der Waals surface area contributed by atoms with Gasteiger partial charge in [0, 0.05) is 36.9 Å². The smallest absolute Gasteiger partial charge is 0.0492 e.